The molecular weight excluding hydrogens is 441 g/mol. The first-order valence-electron chi connectivity index (χ1n) is 7.26. The Morgan fingerprint density at radius 1 is 1.38 bits per heavy atom. The lowest BCUT2D eigenvalue weighted by molar-refractivity contribution is -0.385. The average molecular weight is 461 g/mol. The van der Waals surface area contributed by atoms with E-state index in [9.17, 15) is 10.1 Å². The highest BCUT2D eigenvalue weighted by Gasteiger charge is 2.11. The standard InChI is InChI=1S/C15H19N5O2S.HI/c1-3-16-15(19-10-14-17-8-11(2)23-14)18-9-12-6-4-5-7-13(12)20(21)22;/h4-8H,3,9-10H2,1-2H3,(H2,16,18,19);1H. The van der Waals surface area contributed by atoms with Crippen LogP contribution >= 0.6 is 35.3 Å². The Bertz CT molecular complexity index is 705. The lowest BCUT2D eigenvalue weighted by atomic mass is 10.2. The summed E-state index contributed by atoms with van der Waals surface area (Å²) in [5.74, 6) is 0.610. The fraction of sp³-hybridized carbons (Fsp3) is 0.333. The molecule has 0 fully saturated rings. The Kier molecular flexibility index (Phi) is 8.61. The molecule has 7 nitrogen and oxygen atoms in total. The smallest absolute Gasteiger partial charge is 0.274 e. The number of halogens is 1. The highest BCUT2D eigenvalue weighted by molar-refractivity contribution is 14.0. The number of nitrogens with zero attached hydrogens (tertiary/aromatic N) is 3. The maximum Gasteiger partial charge on any atom is 0.274 e. The third-order valence-electron chi connectivity index (χ3n) is 3.02. The third-order valence-corrected chi connectivity index (χ3v) is 3.93. The number of nitrogens with one attached hydrogen (secondary N) is 2. The van der Waals surface area contributed by atoms with Crippen molar-refractivity contribution in [1.29, 1.82) is 0 Å². The predicted octanol–water partition coefficient (Wildman–Crippen LogP) is 3.23. The van der Waals surface area contributed by atoms with Gasteiger partial charge < -0.3 is 10.6 Å². The summed E-state index contributed by atoms with van der Waals surface area (Å²) in [5.41, 5.74) is 0.669. The number of nitro benzene ring substituents is 1. The van der Waals surface area contributed by atoms with E-state index in [0.29, 0.717) is 24.6 Å². The molecule has 0 unspecified atom stereocenters. The number of benzene rings is 1. The molecule has 1 aromatic heterocycles. The van der Waals surface area contributed by atoms with Gasteiger partial charge in [-0.25, -0.2) is 9.98 Å². The van der Waals surface area contributed by atoms with Crippen molar-refractivity contribution < 1.29 is 4.92 Å². The number of guanidine groups is 1. The van der Waals surface area contributed by atoms with Crippen LogP contribution in [0.15, 0.2) is 35.5 Å². The van der Waals surface area contributed by atoms with E-state index in [1.165, 1.54) is 6.07 Å². The number of hydrogen-bond acceptors (Lipinski definition) is 5. The van der Waals surface area contributed by atoms with E-state index in [4.69, 9.17) is 0 Å². The number of thiazole rings is 1. The van der Waals surface area contributed by atoms with Crippen LogP contribution in [0.25, 0.3) is 0 Å². The van der Waals surface area contributed by atoms with Crippen LogP contribution in [0.2, 0.25) is 0 Å². The van der Waals surface area contributed by atoms with Gasteiger partial charge in [0.1, 0.15) is 5.01 Å². The maximum absolute atomic E-state index is 11.0. The summed E-state index contributed by atoms with van der Waals surface area (Å²) in [6.07, 6.45) is 1.83. The van der Waals surface area contributed by atoms with Gasteiger partial charge in [-0.2, -0.15) is 0 Å². The Balaban J connectivity index is 0.00000288. The monoisotopic (exact) mass is 461 g/mol. The molecule has 0 radical (unpaired) electrons. The molecule has 0 spiro atoms. The number of aliphatic imine (C=N–C) groups is 1. The quantitative estimate of drug-likeness (QED) is 0.227. The van der Waals surface area contributed by atoms with Crippen molar-refractivity contribution >= 4 is 47.0 Å². The number of aromatic nitrogens is 1. The van der Waals surface area contributed by atoms with Crippen molar-refractivity contribution in [2.45, 2.75) is 26.9 Å². The highest BCUT2D eigenvalue weighted by atomic mass is 127. The second kappa shape index (κ2) is 10.2. The molecule has 0 saturated heterocycles. The molecule has 0 aliphatic carbocycles. The van der Waals surface area contributed by atoms with E-state index in [1.807, 2.05) is 20.0 Å². The first kappa shape index (κ1) is 20.3. The summed E-state index contributed by atoms with van der Waals surface area (Å²) in [6, 6.07) is 6.63. The zero-order chi connectivity index (χ0) is 16.7. The van der Waals surface area contributed by atoms with Gasteiger partial charge in [-0.05, 0) is 13.8 Å². The fourth-order valence-electron chi connectivity index (χ4n) is 1.97. The Morgan fingerprint density at radius 2 is 2.12 bits per heavy atom. The van der Waals surface area contributed by atoms with E-state index >= 15 is 0 Å². The lowest BCUT2D eigenvalue weighted by Crippen LogP contribution is -2.36. The van der Waals surface area contributed by atoms with Crippen molar-refractivity contribution in [2.75, 3.05) is 6.54 Å². The number of nitro groups is 1. The third kappa shape index (κ3) is 6.04. The molecule has 2 rings (SSSR count). The van der Waals surface area contributed by atoms with Gasteiger partial charge in [0.25, 0.3) is 5.69 Å². The molecule has 130 valence electrons. The molecular formula is C15H20IN5O2S. The molecule has 2 N–H and O–H groups in total. The van der Waals surface area contributed by atoms with Crippen LogP contribution in [0.4, 0.5) is 5.69 Å². The fourth-order valence-corrected chi connectivity index (χ4v) is 2.70. The summed E-state index contributed by atoms with van der Waals surface area (Å²) in [4.78, 5) is 20.5. The Labute approximate surface area is 161 Å². The van der Waals surface area contributed by atoms with Crippen LogP contribution in [0.5, 0.6) is 0 Å². The largest absolute Gasteiger partial charge is 0.357 e. The summed E-state index contributed by atoms with van der Waals surface area (Å²) in [5, 5.41) is 18.3. The normalized spacial score (nSPS) is 10.8. The summed E-state index contributed by atoms with van der Waals surface area (Å²) in [7, 11) is 0. The second-order valence-electron chi connectivity index (χ2n) is 4.80. The molecule has 0 bridgehead atoms. The first-order valence-corrected chi connectivity index (χ1v) is 8.07. The minimum absolute atomic E-state index is 0. The van der Waals surface area contributed by atoms with Crippen molar-refractivity contribution in [2.24, 2.45) is 4.99 Å². The summed E-state index contributed by atoms with van der Waals surface area (Å²) >= 11 is 1.62. The van der Waals surface area contributed by atoms with Crippen LogP contribution in [0.1, 0.15) is 22.4 Å². The SMILES string of the molecule is CCNC(=NCc1ccccc1[N+](=O)[O-])NCc1ncc(C)s1.I. The molecule has 9 heteroatoms. The van der Waals surface area contributed by atoms with Crippen molar-refractivity contribution in [3.8, 4) is 0 Å². The number of para-hydroxylation sites is 1. The van der Waals surface area contributed by atoms with Crippen molar-refractivity contribution in [3.05, 3.63) is 56.0 Å². The van der Waals surface area contributed by atoms with E-state index in [-0.39, 0.29) is 41.1 Å². The van der Waals surface area contributed by atoms with Crippen LogP contribution in [0.3, 0.4) is 0 Å². The molecule has 24 heavy (non-hydrogen) atoms. The first-order chi connectivity index (χ1) is 11.1. The van der Waals surface area contributed by atoms with Gasteiger partial charge in [-0.1, -0.05) is 18.2 Å². The maximum atomic E-state index is 11.0. The van der Waals surface area contributed by atoms with E-state index < -0.39 is 0 Å². The highest BCUT2D eigenvalue weighted by Crippen LogP contribution is 2.18. The Morgan fingerprint density at radius 3 is 2.75 bits per heavy atom. The van der Waals surface area contributed by atoms with E-state index in [0.717, 1.165) is 9.88 Å². The van der Waals surface area contributed by atoms with Crippen LogP contribution in [-0.4, -0.2) is 22.4 Å². The minimum Gasteiger partial charge on any atom is -0.357 e. The zero-order valence-electron chi connectivity index (χ0n) is 13.5. The molecule has 2 aromatic rings. The summed E-state index contributed by atoms with van der Waals surface area (Å²) < 4.78 is 0. The van der Waals surface area contributed by atoms with Crippen molar-refractivity contribution in [3.63, 3.8) is 0 Å². The van der Waals surface area contributed by atoms with Crippen LogP contribution in [-0.2, 0) is 13.1 Å². The zero-order valence-corrected chi connectivity index (χ0v) is 16.6. The molecule has 1 heterocycles. The topological polar surface area (TPSA) is 92.5 Å². The van der Waals surface area contributed by atoms with Gasteiger partial charge >= 0.3 is 0 Å². The predicted molar refractivity (Wildman–Crippen MR) is 107 cm³/mol. The van der Waals surface area contributed by atoms with Gasteiger partial charge in [-0.15, -0.1) is 35.3 Å². The molecule has 0 aliphatic rings. The molecule has 0 amide bonds. The lowest BCUT2D eigenvalue weighted by Gasteiger charge is -2.10. The van der Waals surface area contributed by atoms with Gasteiger partial charge in [0.15, 0.2) is 5.96 Å². The van der Waals surface area contributed by atoms with Crippen LogP contribution in [0, 0.1) is 17.0 Å². The van der Waals surface area contributed by atoms with E-state index in [2.05, 4.69) is 20.6 Å². The van der Waals surface area contributed by atoms with Gasteiger partial charge in [0, 0.05) is 23.7 Å². The van der Waals surface area contributed by atoms with Gasteiger partial charge in [-0.3, -0.25) is 10.1 Å². The molecule has 0 saturated carbocycles. The molecule has 1 aromatic carbocycles. The molecule has 0 aliphatic heterocycles. The molecule has 0 atom stereocenters. The minimum atomic E-state index is -0.385. The number of hydrogen-bond donors (Lipinski definition) is 2. The number of aryl methyl sites for hydroxylation is 1. The van der Waals surface area contributed by atoms with Gasteiger partial charge in [0.2, 0.25) is 0 Å². The van der Waals surface area contributed by atoms with E-state index in [1.54, 1.807) is 29.5 Å². The summed E-state index contributed by atoms with van der Waals surface area (Å²) in [6.45, 7) is 5.49. The average Bonchev–Trinajstić information content (AvgIpc) is 2.95. The Hall–Kier alpha value is -1.75. The second-order valence-corrected chi connectivity index (χ2v) is 6.12. The van der Waals surface area contributed by atoms with Crippen molar-refractivity contribution in [1.82, 2.24) is 15.6 Å². The van der Waals surface area contributed by atoms with Crippen LogP contribution < -0.4 is 10.6 Å². The number of rotatable bonds is 6. The van der Waals surface area contributed by atoms with Gasteiger partial charge in [0.05, 0.1) is 23.6 Å².